The molecule has 3 atom stereocenters. The van der Waals surface area contributed by atoms with Crippen molar-refractivity contribution in [2.75, 3.05) is 31.1 Å². The van der Waals surface area contributed by atoms with Crippen LogP contribution in [0.2, 0.25) is 0 Å². The van der Waals surface area contributed by atoms with Gasteiger partial charge in [-0.3, -0.25) is 4.79 Å². The highest BCUT2D eigenvalue weighted by Crippen LogP contribution is 2.33. The van der Waals surface area contributed by atoms with E-state index in [1.54, 1.807) is 11.3 Å². The van der Waals surface area contributed by atoms with E-state index in [0.717, 1.165) is 50.1 Å². The van der Waals surface area contributed by atoms with Crippen LogP contribution >= 0.6 is 11.3 Å². The molecule has 0 unspecified atom stereocenters. The van der Waals surface area contributed by atoms with Crippen LogP contribution in [0.1, 0.15) is 38.5 Å². The predicted octanol–water partition coefficient (Wildman–Crippen LogP) is 2.10. The maximum atomic E-state index is 12.9. The molecule has 0 spiro atoms. The number of amides is 1. The van der Waals surface area contributed by atoms with Crippen LogP contribution in [0.3, 0.4) is 0 Å². The van der Waals surface area contributed by atoms with Gasteiger partial charge in [-0.25, -0.2) is 4.98 Å². The normalized spacial score (nSPS) is 31.7. The molecule has 1 aromatic rings. The molecular weight excluding hydrogens is 308 g/mol. The molecule has 6 heteroatoms. The Bertz CT molecular complexity index is 521. The molecule has 23 heavy (non-hydrogen) atoms. The number of carbonyl (C=O) groups excluding carboxylic acids is 1. The quantitative estimate of drug-likeness (QED) is 0.900. The van der Waals surface area contributed by atoms with Crippen LogP contribution < -0.4 is 10.2 Å². The molecule has 1 aliphatic carbocycles. The number of anilines is 1. The lowest BCUT2D eigenvalue weighted by Crippen LogP contribution is -2.46. The van der Waals surface area contributed by atoms with Gasteiger partial charge in [-0.05, 0) is 31.6 Å². The first-order valence-electron chi connectivity index (χ1n) is 9.00. The fourth-order valence-corrected chi connectivity index (χ4v) is 5.13. The first-order valence-corrected chi connectivity index (χ1v) is 9.88. The molecule has 126 valence electrons. The number of aromatic nitrogens is 1. The number of carbonyl (C=O) groups is 1. The van der Waals surface area contributed by atoms with Gasteiger partial charge in [-0.2, -0.15) is 0 Å². The van der Waals surface area contributed by atoms with Crippen LogP contribution in [0.5, 0.6) is 0 Å². The number of nitrogens with zero attached hydrogens (tertiary/aromatic N) is 3. The van der Waals surface area contributed by atoms with Crippen molar-refractivity contribution in [3.63, 3.8) is 0 Å². The Kier molecular flexibility index (Phi) is 4.53. The van der Waals surface area contributed by atoms with Gasteiger partial charge in [0.05, 0.1) is 6.04 Å². The van der Waals surface area contributed by atoms with Crippen LogP contribution in [0.25, 0.3) is 0 Å². The van der Waals surface area contributed by atoms with Crippen LogP contribution in [0.15, 0.2) is 11.6 Å². The standard InChI is InChI=1S/C17H26N4OS/c22-16(15-12-13-4-1-2-5-14(13)19-15)20-7-3-8-21(10-9-20)17-18-6-11-23-17/h6,11,13-15,19H,1-5,7-10,12H2/t13-,14+,15+/m1/s1. The highest BCUT2D eigenvalue weighted by Gasteiger charge is 2.39. The van der Waals surface area contributed by atoms with Gasteiger partial charge in [-0.1, -0.05) is 12.8 Å². The van der Waals surface area contributed by atoms with E-state index in [1.165, 1.54) is 25.7 Å². The first-order chi connectivity index (χ1) is 11.3. The van der Waals surface area contributed by atoms with Crippen molar-refractivity contribution in [3.8, 4) is 0 Å². The molecule has 1 saturated carbocycles. The lowest BCUT2D eigenvalue weighted by molar-refractivity contribution is -0.133. The van der Waals surface area contributed by atoms with E-state index in [2.05, 4.69) is 20.1 Å². The molecule has 3 fully saturated rings. The third-order valence-electron chi connectivity index (χ3n) is 5.66. The number of hydrogen-bond donors (Lipinski definition) is 1. The SMILES string of the molecule is O=C([C@@H]1C[C@H]2CCCC[C@@H]2N1)N1CCCN(c2nccs2)CC1. The number of fused-ring (bicyclic) bond motifs is 1. The van der Waals surface area contributed by atoms with Gasteiger partial charge in [-0.15, -0.1) is 11.3 Å². The molecule has 5 nitrogen and oxygen atoms in total. The van der Waals surface area contributed by atoms with E-state index >= 15 is 0 Å². The van der Waals surface area contributed by atoms with Crippen LogP contribution in [-0.4, -0.2) is 54.1 Å². The molecule has 2 aliphatic heterocycles. The summed E-state index contributed by atoms with van der Waals surface area (Å²) in [7, 11) is 0. The van der Waals surface area contributed by atoms with Crippen LogP contribution in [0, 0.1) is 5.92 Å². The smallest absolute Gasteiger partial charge is 0.239 e. The number of thiazole rings is 1. The topological polar surface area (TPSA) is 48.5 Å². The highest BCUT2D eigenvalue weighted by atomic mass is 32.1. The minimum atomic E-state index is 0.0644. The van der Waals surface area contributed by atoms with E-state index in [9.17, 15) is 4.79 Å². The van der Waals surface area contributed by atoms with E-state index in [1.807, 2.05) is 11.6 Å². The maximum absolute atomic E-state index is 12.9. The summed E-state index contributed by atoms with van der Waals surface area (Å²) in [6, 6.07) is 0.658. The van der Waals surface area contributed by atoms with E-state index in [-0.39, 0.29) is 6.04 Å². The Hall–Kier alpha value is -1.14. The van der Waals surface area contributed by atoms with Crippen LogP contribution in [0.4, 0.5) is 5.13 Å². The third kappa shape index (κ3) is 3.24. The van der Waals surface area contributed by atoms with Gasteiger partial charge in [0.2, 0.25) is 5.91 Å². The third-order valence-corrected chi connectivity index (χ3v) is 6.49. The van der Waals surface area contributed by atoms with E-state index in [0.29, 0.717) is 11.9 Å². The summed E-state index contributed by atoms with van der Waals surface area (Å²) >= 11 is 1.69. The summed E-state index contributed by atoms with van der Waals surface area (Å²) in [5, 5.41) is 6.74. The van der Waals surface area contributed by atoms with Gasteiger partial charge in [0.25, 0.3) is 0 Å². The molecule has 0 aromatic carbocycles. The summed E-state index contributed by atoms with van der Waals surface area (Å²) in [6.07, 6.45) is 9.17. The van der Waals surface area contributed by atoms with Crippen LogP contribution in [-0.2, 0) is 4.79 Å². The summed E-state index contributed by atoms with van der Waals surface area (Å²) in [5.74, 6) is 1.07. The predicted molar refractivity (Wildman–Crippen MR) is 92.8 cm³/mol. The molecule has 1 aromatic heterocycles. The minimum absolute atomic E-state index is 0.0644. The van der Waals surface area contributed by atoms with E-state index in [4.69, 9.17) is 0 Å². The van der Waals surface area contributed by atoms with Gasteiger partial charge in [0, 0.05) is 43.8 Å². The highest BCUT2D eigenvalue weighted by molar-refractivity contribution is 7.13. The lowest BCUT2D eigenvalue weighted by atomic mass is 9.85. The molecule has 3 aliphatic rings. The van der Waals surface area contributed by atoms with Crippen molar-refractivity contribution in [1.82, 2.24) is 15.2 Å². The Morgan fingerprint density at radius 1 is 1.17 bits per heavy atom. The average molecular weight is 334 g/mol. The number of hydrogen-bond acceptors (Lipinski definition) is 5. The molecule has 1 N–H and O–H groups in total. The zero-order valence-corrected chi connectivity index (χ0v) is 14.4. The molecule has 2 saturated heterocycles. The summed E-state index contributed by atoms with van der Waals surface area (Å²) in [4.78, 5) is 21.7. The first kappa shape index (κ1) is 15.4. The second kappa shape index (κ2) is 6.77. The molecule has 0 radical (unpaired) electrons. The van der Waals surface area contributed by atoms with Crippen molar-refractivity contribution < 1.29 is 4.79 Å². The molecule has 3 heterocycles. The Morgan fingerprint density at radius 3 is 2.91 bits per heavy atom. The van der Waals surface area contributed by atoms with Crippen molar-refractivity contribution in [3.05, 3.63) is 11.6 Å². The van der Waals surface area contributed by atoms with Crippen molar-refractivity contribution >= 4 is 22.4 Å². The summed E-state index contributed by atoms with van der Waals surface area (Å²) in [5.41, 5.74) is 0. The zero-order valence-electron chi connectivity index (χ0n) is 13.6. The fourth-order valence-electron chi connectivity index (χ4n) is 4.43. The zero-order chi connectivity index (χ0) is 15.6. The summed E-state index contributed by atoms with van der Waals surface area (Å²) < 4.78 is 0. The molecule has 0 bridgehead atoms. The fraction of sp³-hybridized carbons (Fsp3) is 0.765. The molecular formula is C17H26N4OS. The maximum Gasteiger partial charge on any atom is 0.239 e. The van der Waals surface area contributed by atoms with Gasteiger partial charge in [0.15, 0.2) is 5.13 Å². The second-order valence-corrected chi connectivity index (χ2v) is 7.96. The Morgan fingerprint density at radius 2 is 2.09 bits per heavy atom. The largest absolute Gasteiger partial charge is 0.346 e. The Labute approximate surface area is 142 Å². The lowest BCUT2D eigenvalue weighted by Gasteiger charge is -2.25. The minimum Gasteiger partial charge on any atom is -0.346 e. The van der Waals surface area contributed by atoms with Gasteiger partial charge in [0.1, 0.15) is 0 Å². The monoisotopic (exact) mass is 334 g/mol. The molecule has 4 rings (SSSR count). The van der Waals surface area contributed by atoms with Gasteiger partial charge >= 0.3 is 0 Å². The van der Waals surface area contributed by atoms with Crippen molar-refractivity contribution in [2.45, 2.75) is 50.6 Å². The van der Waals surface area contributed by atoms with Gasteiger partial charge < -0.3 is 15.1 Å². The van der Waals surface area contributed by atoms with E-state index < -0.39 is 0 Å². The number of nitrogens with one attached hydrogen (secondary N) is 1. The molecule has 1 amide bonds. The summed E-state index contributed by atoms with van der Waals surface area (Å²) in [6.45, 7) is 3.61. The second-order valence-electron chi connectivity index (χ2n) is 7.09. The average Bonchev–Trinajstić information content (AvgIpc) is 3.19. The van der Waals surface area contributed by atoms with Crippen molar-refractivity contribution in [1.29, 1.82) is 0 Å². The number of rotatable bonds is 2. The van der Waals surface area contributed by atoms with Crippen molar-refractivity contribution in [2.24, 2.45) is 5.92 Å². The Balaban J connectivity index is 1.36.